The second-order valence-electron chi connectivity index (χ2n) is 6.48. The van der Waals surface area contributed by atoms with Crippen LogP contribution in [0.4, 0.5) is 0 Å². The first-order valence-corrected chi connectivity index (χ1v) is 7.86. The molecule has 4 heteroatoms. The molecule has 1 spiro atoms. The lowest BCUT2D eigenvalue weighted by atomic mass is 9.67. The standard InChI is InChI=1S/C19H18O4/c1-3-23-17(21)19-7-6-18(11-19)10-12-8-13(22-2)4-5-14(12)15(18)9-16(19)20/h4-9H,3,10-11H2,1-2H3/t18-,19+/m1/s1. The lowest BCUT2D eigenvalue weighted by molar-refractivity contribution is -0.156. The van der Waals surface area contributed by atoms with Crippen LogP contribution in [-0.2, 0) is 20.7 Å². The van der Waals surface area contributed by atoms with Gasteiger partial charge in [-0.15, -0.1) is 0 Å². The number of fused-ring (bicyclic) bond motifs is 3. The molecule has 4 nitrogen and oxygen atoms in total. The van der Waals surface area contributed by atoms with Crippen LogP contribution in [-0.4, -0.2) is 25.5 Å². The molecule has 23 heavy (non-hydrogen) atoms. The predicted octanol–water partition coefficient (Wildman–Crippen LogP) is 2.71. The van der Waals surface area contributed by atoms with Crippen molar-refractivity contribution in [3.63, 3.8) is 0 Å². The van der Waals surface area contributed by atoms with Crippen LogP contribution in [0.3, 0.4) is 0 Å². The van der Waals surface area contributed by atoms with Crippen molar-refractivity contribution in [3.8, 4) is 5.75 Å². The Bertz CT molecular complexity index is 789. The summed E-state index contributed by atoms with van der Waals surface area (Å²) in [5.41, 5.74) is 1.87. The van der Waals surface area contributed by atoms with Crippen LogP contribution >= 0.6 is 0 Å². The maximum Gasteiger partial charge on any atom is 0.323 e. The van der Waals surface area contributed by atoms with Gasteiger partial charge >= 0.3 is 5.97 Å². The molecule has 0 heterocycles. The summed E-state index contributed by atoms with van der Waals surface area (Å²) in [6.07, 6.45) is 6.71. The highest BCUT2D eigenvalue weighted by molar-refractivity contribution is 6.17. The Labute approximate surface area is 134 Å². The molecule has 2 bridgehead atoms. The molecule has 3 aliphatic rings. The zero-order chi connectivity index (χ0) is 16.2. The Morgan fingerprint density at radius 3 is 2.87 bits per heavy atom. The molecule has 0 aromatic heterocycles. The fourth-order valence-electron chi connectivity index (χ4n) is 4.18. The second kappa shape index (κ2) is 4.57. The van der Waals surface area contributed by atoms with Crippen LogP contribution in [0.1, 0.15) is 24.5 Å². The van der Waals surface area contributed by atoms with Gasteiger partial charge in [0.15, 0.2) is 5.78 Å². The van der Waals surface area contributed by atoms with Crippen molar-refractivity contribution in [2.24, 2.45) is 10.8 Å². The Morgan fingerprint density at radius 1 is 1.30 bits per heavy atom. The van der Waals surface area contributed by atoms with Crippen LogP contribution in [0, 0.1) is 10.8 Å². The predicted molar refractivity (Wildman–Crippen MR) is 84.9 cm³/mol. The average molecular weight is 310 g/mol. The summed E-state index contributed by atoms with van der Waals surface area (Å²) in [5, 5.41) is 0. The zero-order valence-electron chi connectivity index (χ0n) is 13.2. The number of hydrogen-bond acceptors (Lipinski definition) is 4. The van der Waals surface area contributed by atoms with Crippen LogP contribution in [0.25, 0.3) is 5.57 Å². The molecule has 0 radical (unpaired) electrons. The molecule has 0 unspecified atom stereocenters. The summed E-state index contributed by atoms with van der Waals surface area (Å²) in [6.45, 7) is 2.04. The SMILES string of the molecule is CCOC(=O)[C@]12C=C[C@@]3(Cc4cc(OC)ccc4C3=CC1=O)C2. The van der Waals surface area contributed by atoms with E-state index in [0.29, 0.717) is 6.42 Å². The summed E-state index contributed by atoms with van der Waals surface area (Å²) in [6, 6.07) is 5.94. The molecule has 0 saturated heterocycles. The van der Waals surface area contributed by atoms with Crippen molar-refractivity contribution >= 4 is 17.3 Å². The molecule has 2 atom stereocenters. The number of benzene rings is 1. The highest BCUT2D eigenvalue weighted by atomic mass is 16.5. The molecule has 0 N–H and O–H groups in total. The van der Waals surface area contributed by atoms with Crippen molar-refractivity contribution in [2.45, 2.75) is 19.8 Å². The lowest BCUT2D eigenvalue weighted by Crippen LogP contribution is -2.42. The van der Waals surface area contributed by atoms with Crippen LogP contribution in [0.15, 0.2) is 36.4 Å². The van der Waals surface area contributed by atoms with Crippen molar-refractivity contribution in [3.05, 3.63) is 47.6 Å². The van der Waals surface area contributed by atoms with Gasteiger partial charge < -0.3 is 9.47 Å². The van der Waals surface area contributed by atoms with Crippen molar-refractivity contribution in [1.29, 1.82) is 0 Å². The van der Waals surface area contributed by atoms with Crippen molar-refractivity contribution in [2.75, 3.05) is 13.7 Å². The van der Waals surface area contributed by atoms with Gasteiger partial charge in [0.25, 0.3) is 0 Å². The third-order valence-electron chi connectivity index (χ3n) is 5.28. The van der Waals surface area contributed by atoms with E-state index < -0.39 is 11.4 Å². The first-order chi connectivity index (χ1) is 11.0. The van der Waals surface area contributed by atoms with Crippen LogP contribution < -0.4 is 4.74 Å². The molecule has 4 rings (SSSR count). The number of allylic oxidation sites excluding steroid dienone is 3. The Morgan fingerprint density at radius 2 is 2.13 bits per heavy atom. The van der Waals surface area contributed by atoms with Gasteiger partial charge in [-0.2, -0.15) is 0 Å². The lowest BCUT2D eigenvalue weighted by Gasteiger charge is -2.34. The summed E-state index contributed by atoms with van der Waals surface area (Å²) in [4.78, 5) is 25.1. The molecule has 1 aromatic rings. The number of esters is 1. The van der Waals surface area contributed by atoms with Crippen LogP contribution in [0.2, 0.25) is 0 Å². The quantitative estimate of drug-likeness (QED) is 0.489. The third-order valence-corrected chi connectivity index (χ3v) is 5.28. The number of hydrogen-bond donors (Lipinski definition) is 0. The van der Waals surface area contributed by atoms with E-state index in [-0.39, 0.29) is 17.8 Å². The monoisotopic (exact) mass is 310 g/mol. The molecular formula is C19H18O4. The number of rotatable bonds is 3. The molecule has 118 valence electrons. The maximum absolute atomic E-state index is 12.7. The van der Waals surface area contributed by atoms with Crippen molar-refractivity contribution < 1.29 is 19.1 Å². The Kier molecular flexibility index (Phi) is 2.83. The van der Waals surface area contributed by atoms with E-state index in [0.717, 1.165) is 28.9 Å². The van der Waals surface area contributed by atoms with E-state index in [9.17, 15) is 9.59 Å². The Hall–Kier alpha value is -2.36. The minimum absolute atomic E-state index is 0.168. The average Bonchev–Trinajstić information content (AvgIpc) is 3.05. The summed E-state index contributed by atoms with van der Waals surface area (Å²) < 4.78 is 10.5. The molecule has 3 aliphatic carbocycles. The summed E-state index contributed by atoms with van der Waals surface area (Å²) in [7, 11) is 1.64. The number of ketones is 1. The largest absolute Gasteiger partial charge is 0.497 e. The highest BCUT2D eigenvalue weighted by Gasteiger charge is 2.59. The van der Waals surface area contributed by atoms with E-state index in [2.05, 4.69) is 0 Å². The van der Waals surface area contributed by atoms with Gasteiger partial charge in [0.2, 0.25) is 0 Å². The van der Waals surface area contributed by atoms with Gasteiger partial charge in [-0.25, -0.2) is 0 Å². The normalized spacial score (nSPS) is 29.8. The second-order valence-corrected chi connectivity index (χ2v) is 6.48. The third kappa shape index (κ3) is 1.72. The molecule has 0 aliphatic heterocycles. The molecule has 0 fully saturated rings. The van der Waals surface area contributed by atoms with E-state index >= 15 is 0 Å². The summed E-state index contributed by atoms with van der Waals surface area (Å²) >= 11 is 0. The topological polar surface area (TPSA) is 52.6 Å². The summed E-state index contributed by atoms with van der Waals surface area (Å²) in [5.74, 6) is 0.213. The van der Waals surface area contributed by atoms with Gasteiger partial charge in [0.1, 0.15) is 11.2 Å². The van der Waals surface area contributed by atoms with Gasteiger partial charge in [0.05, 0.1) is 13.7 Å². The number of carbonyl (C=O) groups excluding carboxylic acids is 2. The number of ether oxygens (including phenoxy) is 2. The van der Waals surface area contributed by atoms with Gasteiger partial charge in [-0.3, -0.25) is 9.59 Å². The smallest absolute Gasteiger partial charge is 0.323 e. The minimum Gasteiger partial charge on any atom is -0.497 e. The first-order valence-electron chi connectivity index (χ1n) is 7.86. The molecule has 0 amide bonds. The maximum atomic E-state index is 12.7. The number of carbonyl (C=O) groups is 2. The molecular weight excluding hydrogens is 292 g/mol. The van der Waals surface area contributed by atoms with E-state index in [1.54, 1.807) is 26.2 Å². The Balaban J connectivity index is 1.81. The van der Waals surface area contributed by atoms with E-state index in [1.807, 2.05) is 24.3 Å². The van der Waals surface area contributed by atoms with Crippen molar-refractivity contribution in [1.82, 2.24) is 0 Å². The van der Waals surface area contributed by atoms with Crippen LogP contribution in [0.5, 0.6) is 5.75 Å². The van der Waals surface area contributed by atoms with Gasteiger partial charge in [-0.05, 0) is 54.7 Å². The van der Waals surface area contributed by atoms with E-state index in [1.165, 1.54) is 0 Å². The molecule has 1 aromatic carbocycles. The first kappa shape index (κ1) is 14.2. The fourth-order valence-corrected chi connectivity index (χ4v) is 4.18. The van der Waals surface area contributed by atoms with E-state index in [4.69, 9.17) is 9.47 Å². The highest BCUT2D eigenvalue weighted by Crippen LogP contribution is 2.61. The minimum atomic E-state index is -1.13. The molecule has 0 saturated carbocycles. The number of methoxy groups -OCH3 is 1. The zero-order valence-corrected chi connectivity index (χ0v) is 13.2. The fraction of sp³-hybridized carbons (Fsp3) is 0.368. The van der Waals surface area contributed by atoms with Gasteiger partial charge in [0, 0.05) is 5.41 Å². The van der Waals surface area contributed by atoms with Gasteiger partial charge in [-0.1, -0.05) is 18.2 Å².